The van der Waals surface area contributed by atoms with Crippen LogP contribution in [0, 0.1) is 17.0 Å². The molecule has 0 aromatic carbocycles. The fourth-order valence-electron chi connectivity index (χ4n) is 1.27. The van der Waals surface area contributed by atoms with E-state index >= 15 is 0 Å². The lowest BCUT2D eigenvalue weighted by Crippen LogP contribution is -2.07. The minimum absolute atomic E-state index is 0.111. The fraction of sp³-hybridized carbons (Fsp3) is 0.429. The van der Waals surface area contributed by atoms with E-state index in [2.05, 4.69) is 5.10 Å². The lowest BCUT2D eigenvalue weighted by atomic mass is 10.2. The van der Waals surface area contributed by atoms with Crippen LogP contribution in [0.5, 0.6) is 0 Å². The molecular weight excluding hydrogens is 190 g/mol. The van der Waals surface area contributed by atoms with E-state index in [1.165, 1.54) is 18.7 Å². The number of hydrogen-bond donors (Lipinski definition) is 1. The van der Waals surface area contributed by atoms with Crippen molar-refractivity contribution in [1.29, 1.82) is 0 Å². The Morgan fingerprint density at radius 1 is 1.71 bits per heavy atom. The third-order valence-corrected chi connectivity index (χ3v) is 1.81. The molecule has 0 saturated carbocycles. The molecule has 0 radical (unpaired) electrons. The Bertz CT molecular complexity index is 396. The summed E-state index contributed by atoms with van der Waals surface area (Å²) in [6.45, 7) is 1.48. The van der Waals surface area contributed by atoms with E-state index in [9.17, 15) is 14.9 Å². The number of aromatic nitrogens is 2. The zero-order valence-corrected chi connectivity index (χ0v) is 7.72. The van der Waals surface area contributed by atoms with E-state index in [4.69, 9.17) is 5.11 Å². The van der Waals surface area contributed by atoms with E-state index in [1.807, 2.05) is 0 Å². The summed E-state index contributed by atoms with van der Waals surface area (Å²) < 4.78 is 1.22. The summed E-state index contributed by atoms with van der Waals surface area (Å²) in [6, 6.07) is 0. The third kappa shape index (κ3) is 1.70. The van der Waals surface area contributed by atoms with Gasteiger partial charge >= 0.3 is 11.7 Å². The van der Waals surface area contributed by atoms with Gasteiger partial charge in [-0.2, -0.15) is 5.10 Å². The second-order valence-electron chi connectivity index (χ2n) is 2.83. The molecule has 7 nitrogen and oxygen atoms in total. The third-order valence-electron chi connectivity index (χ3n) is 1.81. The number of aryl methyl sites for hydroxylation is 2. The van der Waals surface area contributed by atoms with Gasteiger partial charge in [0.05, 0.1) is 11.3 Å². The van der Waals surface area contributed by atoms with Crippen molar-refractivity contribution in [3.8, 4) is 0 Å². The van der Waals surface area contributed by atoms with Gasteiger partial charge in [0.15, 0.2) is 0 Å². The first-order valence-corrected chi connectivity index (χ1v) is 3.82. The van der Waals surface area contributed by atoms with Crippen molar-refractivity contribution in [2.45, 2.75) is 13.3 Å². The van der Waals surface area contributed by atoms with Crippen LogP contribution < -0.4 is 0 Å². The summed E-state index contributed by atoms with van der Waals surface area (Å²) in [5, 5.41) is 22.9. The van der Waals surface area contributed by atoms with Crippen LogP contribution >= 0.6 is 0 Å². The number of rotatable bonds is 3. The lowest BCUT2D eigenvalue weighted by Gasteiger charge is -1.96. The molecule has 0 aliphatic heterocycles. The molecular formula is C7H9N3O4. The van der Waals surface area contributed by atoms with E-state index in [1.54, 1.807) is 0 Å². The van der Waals surface area contributed by atoms with Crippen LogP contribution in [0.3, 0.4) is 0 Å². The van der Waals surface area contributed by atoms with Crippen molar-refractivity contribution in [3.05, 3.63) is 21.5 Å². The molecule has 0 fully saturated rings. The Morgan fingerprint density at radius 2 is 2.29 bits per heavy atom. The normalized spacial score (nSPS) is 10.1. The van der Waals surface area contributed by atoms with Crippen LogP contribution in [0.2, 0.25) is 0 Å². The molecule has 1 heterocycles. The Labute approximate surface area is 79.1 Å². The molecule has 1 aromatic heterocycles. The highest BCUT2D eigenvalue weighted by Crippen LogP contribution is 2.22. The van der Waals surface area contributed by atoms with Crippen LogP contribution in [0.1, 0.15) is 11.4 Å². The molecule has 0 amide bonds. The minimum Gasteiger partial charge on any atom is -0.481 e. The molecule has 1 N–H and O–H groups in total. The molecule has 1 aromatic rings. The highest BCUT2D eigenvalue weighted by Gasteiger charge is 2.25. The molecule has 14 heavy (non-hydrogen) atoms. The maximum atomic E-state index is 10.6. The highest BCUT2D eigenvalue weighted by molar-refractivity contribution is 5.71. The van der Waals surface area contributed by atoms with Crippen molar-refractivity contribution < 1.29 is 14.8 Å². The van der Waals surface area contributed by atoms with E-state index in [0.29, 0.717) is 0 Å². The predicted molar refractivity (Wildman–Crippen MR) is 45.9 cm³/mol. The second kappa shape index (κ2) is 3.44. The van der Waals surface area contributed by atoms with Gasteiger partial charge < -0.3 is 5.11 Å². The molecule has 76 valence electrons. The molecule has 0 spiro atoms. The van der Waals surface area contributed by atoms with Gasteiger partial charge in [-0.05, 0) is 6.92 Å². The standard InChI is InChI=1S/C7H9N3O4/c1-4-7(10(13)14)5(3-6(11)12)9(2)8-4/h3H2,1-2H3,(H,11,12). The molecule has 0 unspecified atom stereocenters. The average Bonchev–Trinajstić information content (AvgIpc) is 2.25. The summed E-state index contributed by atoms with van der Waals surface area (Å²) >= 11 is 0. The van der Waals surface area contributed by atoms with Crippen LogP contribution in [-0.2, 0) is 18.3 Å². The quantitative estimate of drug-likeness (QED) is 0.556. The molecule has 0 aliphatic rings. The van der Waals surface area contributed by atoms with Crippen LogP contribution in [-0.4, -0.2) is 25.8 Å². The first-order chi connectivity index (χ1) is 6.43. The number of nitrogens with zero attached hydrogens (tertiary/aromatic N) is 3. The average molecular weight is 199 g/mol. The van der Waals surface area contributed by atoms with Gasteiger partial charge in [0.25, 0.3) is 0 Å². The molecule has 0 saturated heterocycles. The molecule has 0 atom stereocenters. The predicted octanol–water partition coefficient (Wildman–Crippen LogP) is 0.264. The largest absolute Gasteiger partial charge is 0.481 e. The molecule has 0 aliphatic carbocycles. The van der Waals surface area contributed by atoms with Crippen molar-refractivity contribution in [2.75, 3.05) is 0 Å². The maximum absolute atomic E-state index is 10.6. The molecule has 0 bridgehead atoms. The summed E-state index contributed by atoms with van der Waals surface area (Å²) in [5.41, 5.74) is 0.128. The minimum atomic E-state index is -1.11. The van der Waals surface area contributed by atoms with Crippen molar-refractivity contribution in [1.82, 2.24) is 9.78 Å². The fourth-order valence-corrected chi connectivity index (χ4v) is 1.27. The van der Waals surface area contributed by atoms with Crippen LogP contribution in [0.4, 0.5) is 5.69 Å². The van der Waals surface area contributed by atoms with E-state index < -0.39 is 17.3 Å². The van der Waals surface area contributed by atoms with Crippen molar-refractivity contribution in [3.63, 3.8) is 0 Å². The van der Waals surface area contributed by atoms with Gasteiger partial charge in [0.2, 0.25) is 0 Å². The summed E-state index contributed by atoms with van der Waals surface area (Å²) in [5.74, 6) is -1.11. The SMILES string of the molecule is Cc1nn(C)c(CC(=O)O)c1[N+](=O)[O-]. The number of hydrogen-bond acceptors (Lipinski definition) is 4. The van der Waals surface area contributed by atoms with Gasteiger partial charge in [0.1, 0.15) is 11.4 Å². The van der Waals surface area contributed by atoms with Crippen molar-refractivity contribution in [2.24, 2.45) is 7.05 Å². The Hall–Kier alpha value is -1.92. The van der Waals surface area contributed by atoms with Crippen LogP contribution in [0.25, 0.3) is 0 Å². The Kier molecular flexibility index (Phi) is 2.50. The summed E-state index contributed by atoms with van der Waals surface area (Å²) in [6.07, 6.45) is -0.395. The first-order valence-electron chi connectivity index (χ1n) is 3.82. The van der Waals surface area contributed by atoms with Gasteiger partial charge in [-0.1, -0.05) is 0 Å². The number of carboxylic acid groups (broad SMARTS) is 1. The monoisotopic (exact) mass is 199 g/mol. The van der Waals surface area contributed by atoms with Crippen molar-refractivity contribution >= 4 is 11.7 Å². The topological polar surface area (TPSA) is 98.3 Å². The van der Waals surface area contributed by atoms with Gasteiger partial charge in [0, 0.05) is 7.05 Å². The van der Waals surface area contributed by atoms with Gasteiger partial charge in [-0.3, -0.25) is 19.6 Å². The molecule has 1 rings (SSSR count). The number of carboxylic acids is 1. The highest BCUT2D eigenvalue weighted by atomic mass is 16.6. The maximum Gasteiger partial charge on any atom is 0.313 e. The van der Waals surface area contributed by atoms with Gasteiger partial charge in [-0.15, -0.1) is 0 Å². The second-order valence-corrected chi connectivity index (χ2v) is 2.83. The van der Waals surface area contributed by atoms with E-state index in [0.717, 1.165) is 0 Å². The zero-order valence-electron chi connectivity index (χ0n) is 7.72. The molecule has 7 heteroatoms. The van der Waals surface area contributed by atoms with E-state index in [-0.39, 0.29) is 17.1 Å². The first kappa shape index (κ1) is 10.2. The Morgan fingerprint density at radius 3 is 2.71 bits per heavy atom. The lowest BCUT2D eigenvalue weighted by molar-refractivity contribution is -0.386. The number of nitro groups is 1. The summed E-state index contributed by atoms with van der Waals surface area (Å²) in [7, 11) is 1.48. The Balaban J connectivity index is 3.24. The van der Waals surface area contributed by atoms with Gasteiger partial charge in [-0.25, -0.2) is 0 Å². The zero-order chi connectivity index (χ0) is 10.9. The summed E-state index contributed by atoms with van der Waals surface area (Å²) in [4.78, 5) is 20.4. The smallest absolute Gasteiger partial charge is 0.313 e. The number of carbonyl (C=O) groups is 1. The number of aliphatic carboxylic acids is 1. The van der Waals surface area contributed by atoms with Crippen LogP contribution in [0.15, 0.2) is 0 Å².